The first kappa shape index (κ1) is 10.9. The van der Waals surface area contributed by atoms with Crippen molar-refractivity contribution in [2.24, 2.45) is 0 Å². The van der Waals surface area contributed by atoms with E-state index in [4.69, 9.17) is 5.73 Å². The van der Waals surface area contributed by atoms with Gasteiger partial charge in [-0.3, -0.25) is 4.79 Å². The van der Waals surface area contributed by atoms with Gasteiger partial charge >= 0.3 is 0 Å². The maximum Gasteiger partial charge on any atom is 0.277 e. The van der Waals surface area contributed by atoms with Gasteiger partial charge in [-0.25, -0.2) is 13.0 Å². The van der Waals surface area contributed by atoms with E-state index in [0.717, 1.165) is 0 Å². The highest BCUT2D eigenvalue weighted by atomic mass is 32.2. The monoisotopic (exact) mass is 246 g/mol. The number of hydrogen-bond donors (Lipinski definition) is 2. The van der Waals surface area contributed by atoms with Crippen LogP contribution in [0.5, 0.6) is 0 Å². The summed E-state index contributed by atoms with van der Waals surface area (Å²) in [6.07, 6.45) is 0.402. The zero-order valence-corrected chi connectivity index (χ0v) is 9.03. The minimum Gasteiger partial charge on any atom is -0.379 e. The number of hydrogen-bond acceptors (Lipinski definition) is 7. The molecule has 1 saturated heterocycles. The minimum absolute atomic E-state index is 0.0517. The second kappa shape index (κ2) is 3.74. The molecule has 88 valence electrons. The lowest BCUT2D eigenvalue weighted by Crippen LogP contribution is -2.36. The molecule has 1 aliphatic heterocycles. The van der Waals surface area contributed by atoms with Crippen LogP contribution in [-0.4, -0.2) is 42.2 Å². The number of carbonyl (C=O) groups excluding carboxylic acids is 1. The van der Waals surface area contributed by atoms with E-state index in [1.54, 1.807) is 0 Å². The van der Waals surface area contributed by atoms with Crippen LogP contribution in [0.3, 0.4) is 0 Å². The van der Waals surface area contributed by atoms with E-state index in [2.05, 4.69) is 20.3 Å². The second-order valence-electron chi connectivity index (χ2n) is 3.57. The van der Waals surface area contributed by atoms with Crippen molar-refractivity contribution in [1.82, 2.24) is 15.6 Å². The number of amides is 1. The highest BCUT2D eigenvalue weighted by molar-refractivity contribution is 7.91. The van der Waals surface area contributed by atoms with E-state index < -0.39 is 21.8 Å². The van der Waals surface area contributed by atoms with Gasteiger partial charge in [0.25, 0.3) is 5.91 Å². The average Bonchev–Trinajstić information content (AvgIpc) is 2.72. The van der Waals surface area contributed by atoms with E-state index in [9.17, 15) is 13.2 Å². The van der Waals surface area contributed by atoms with Crippen molar-refractivity contribution in [3.8, 4) is 0 Å². The molecule has 2 heterocycles. The number of sulfone groups is 1. The van der Waals surface area contributed by atoms with E-state index in [1.165, 1.54) is 0 Å². The lowest BCUT2D eigenvalue weighted by molar-refractivity contribution is 0.0932. The predicted octanol–water partition coefficient (Wildman–Crippen LogP) is -1.43. The van der Waals surface area contributed by atoms with Gasteiger partial charge in [0.05, 0.1) is 11.5 Å². The topological polar surface area (TPSA) is 128 Å². The van der Waals surface area contributed by atoms with Gasteiger partial charge in [-0.05, 0) is 16.7 Å². The summed E-state index contributed by atoms with van der Waals surface area (Å²) < 4.78 is 26.6. The van der Waals surface area contributed by atoms with Crippen LogP contribution in [0.4, 0.5) is 5.82 Å². The van der Waals surface area contributed by atoms with Crippen LogP contribution in [0.25, 0.3) is 0 Å². The van der Waals surface area contributed by atoms with Gasteiger partial charge in [0.1, 0.15) is 0 Å². The Balaban J connectivity index is 2.02. The highest BCUT2D eigenvalue weighted by Gasteiger charge is 2.30. The summed E-state index contributed by atoms with van der Waals surface area (Å²) in [5.41, 5.74) is 5.20. The van der Waals surface area contributed by atoms with Crippen molar-refractivity contribution in [3.05, 3.63) is 5.69 Å². The summed E-state index contributed by atoms with van der Waals surface area (Å²) in [5, 5.41) is 9.09. The van der Waals surface area contributed by atoms with Gasteiger partial charge in [-0.2, -0.15) is 0 Å². The molecular weight excluding hydrogens is 236 g/mol. The number of rotatable bonds is 2. The Morgan fingerprint density at radius 2 is 2.25 bits per heavy atom. The molecule has 0 aromatic carbocycles. The summed E-state index contributed by atoms with van der Waals surface area (Å²) in [4.78, 5) is 11.5. The van der Waals surface area contributed by atoms with Gasteiger partial charge in [-0.15, -0.1) is 0 Å². The molecule has 0 spiro atoms. The lowest BCUT2D eigenvalue weighted by Gasteiger charge is -2.08. The number of nitrogens with one attached hydrogen (secondary N) is 1. The molecule has 1 aromatic heterocycles. The number of nitrogens with two attached hydrogens (primary N) is 1. The van der Waals surface area contributed by atoms with Gasteiger partial charge in [0.2, 0.25) is 11.5 Å². The SMILES string of the molecule is Nc1nonc1C(=O)NC1CCS(=O)(=O)C1. The van der Waals surface area contributed by atoms with Crippen LogP contribution in [0.1, 0.15) is 16.9 Å². The number of anilines is 1. The van der Waals surface area contributed by atoms with E-state index in [1.807, 2.05) is 0 Å². The van der Waals surface area contributed by atoms with Crippen LogP contribution in [0, 0.1) is 0 Å². The Kier molecular flexibility index (Phi) is 2.54. The Hall–Kier alpha value is -1.64. The second-order valence-corrected chi connectivity index (χ2v) is 5.80. The zero-order chi connectivity index (χ0) is 11.8. The molecule has 16 heavy (non-hydrogen) atoms. The van der Waals surface area contributed by atoms with Gasteiger partial charge in [0.15, 0.2) is 9.84 Å². The molecule has 8 nitrogen and oxygen atoms in total. The molecule has 1 amide bonds. The number of nitrogen functional groups attached to an aromatic ring is 1. The normalized spacial score (nSPS) is 23.1. The summed E-state index contributed by atoms with van der Waals surface area (Å²) in [5.74, 6) is -0.645. The van der Waals surface area contributed by atoms with Crippen molar-refractivity contribution in [2.45, 2.75) is 12.5 Å². The smallest absolute Gasteiger partial charge is 0.277 e. The highest BCUT2D eigenvalue weighted by Crippen LogP contribution is 2.12. The molecule has 1 fully saturated rings. The van der Waals surface area contributed by atoms with Crippen LogP contribution < -0.4 is 11.1 Å². The molecule has 1 atom stereocenters. The van der Waals surface area contributed by atoms with E-state index in [-0.39, 0.29) is 23.0 Å². The van der Waals surface area contributed by atoms with Crippen molar-refractivity contribution in [2.75, 3.05) is 17.2 Å². The summed E-state index contributed by atoms with van der Waals surface area (Å²) in [6.45, 7) is 0. The average molecular weight is 246 g/mol. The lowest BCUT2D eigenvalue weighted by atomic mass is 10.2. The third-order valence-corrected chi connectivity index (χ3v) is 4.06. The van der Waals surface area contributed by atoms with E-state index >= 15 is 0 Å². The standard InChI is InChI=1S/C7H10N4O4S/c8-6-5(10-15-11-6)7(12)9-4-1-2-16(13,14)3-4/h4H,1-3H2,(H2,8,11)(H,9,12). The zero-order valence-electron chi connectivity index (χ0n) is 8.21. The molecule has 0 radical (unpaired) electrons. The molecule has 2 rings (SSSR count). The first-order valence-electron chi connectivity index (χ1n) is 4.57. The Morgan fingerprint density at radius 1 is 1.50 bits per heavy atom. The molecule has 1 aliphatic rings. The van der Waals surface area contributed by atoms with E-state index in [0.29, 0.717) is 6.42 Å². The maximum absolute atomic E-state index is 11.5. The molecule has 0 saturated carbocycles. The summed E-state index contributed by atoms with van der Waals surface area (Å²) >= 11 is 0. The number of nitrogens with zero attached hydrogens (tertiary/aromatic N) is 2. The fraction of sp³-hybridized carbons (Fsp3) is 0.571. The first-order valence-corrected chi connectivity index (χ1v) is 6.39. The minimum atomic E-state index is -3.03. The molecule has 3 N–H and O–H groups in total. The van der Waals surface area contributed by atoms with Crippen LogP contribution in [-0.2, 0) is 9.84 Å². The van der Waals surface area contributed by atoms with Crippen molar-refractivity contribution >= 4 is 21.6 Å². The van der Waals surface area contributed by atoms with Crippen molar-refractivity contribution < 1.29 is 17.8 Å². The van der Waals surface area contributed by atoms with Gasteiger partial charge < -0.3 is 11.1 Å². The van der Waals surface area contributed by atoms with Crippen molar-refractivity contribution in [1.29, 1.82) is 0 Å². The van der Waals surface area contributed by atoms with Gasteiger partial charge in [-0.1, -0.05) is 0 Å². The van der Waals surface area contributed by atoms with Crippen molar-refractivity contribution in [3.63, 3.8) is 0 Å². The Morgan fingerprint density at radius 3 is 2.75 bits per heavy atom. The molecule has 9 heteroatoms. The third-order valence-electron chi connectivity index (χ3n) is 2.30. The predicted molar refractivity (Wildman–Crippen MR) is 53.2 cm³/mol. The molecular formula is C7H10N4O4S. The largest absolute Gasteiger partial charge is 0.379 e. The maximum atomic E-state index is 11.5. The Bertz CT molecular complexity index is 508. The van der Waals surface area contributed by atoms with Crippen LogP contribution >= 0.6 is 0 Å². The third kappa shape index (κ3) is 2.13. The summed E-state index contributed by atoms with van der Waals surface area (Å²) in [6, 6.07) is -0.395. The molecule has 1 aromatic rings. The van der Waals surface area contributed by atoms with Crippen LogP contribution in [0.2, 0.25) is 0 Å². The Labute approximate surface area is 91.1 Å². The number of aromatic nitrogens is 2. The molecule has 1 unspecified atom stereocenters. The molecule has 0 bridgehead atoms. The fourth-order valence-electron chi connectivity index (χ4n) is 1.52. The fourth-order valence-corrected chi connectivity index (χ4v) is 3.19. The first-order chi connectivity index (χ1) is 7.48. The summed E-state index contributed by atoms with van der Waals surface area (Å²) in [7, 11) is -3.03. The molecule has 0 aliphatic carbocycles. The van der Waals surface area contributed by atoms with Crippen LogP contribution in [0.15, 0.2) is 4.63 Å². The van der Waals surface area contributed by atoms with Gasteiger partial charge in [0, 0.05) is 6.04 Å². The number of carbonyl (C=O) groups is 1. The quantitative estimate of drug-likeness (QED) is 0.654.